The van der Waals surface area contributed by atoms with Crippen LogP contribution in [0, 0.1) is 30.9 Å². The number of aryl methyl sites for hydroxylation is 3. The lowest BCUT2D eigenvalue weighted by molar-refractivity contribution is -0.384. The monoisotopic (exact) mass is 369 g/mol. The third kappa shape index (κ3) is 4.69. The van der Waals surface area contributed by atoms with E-state index in [9.17, 15) is 19.7 Å². The predicted molar refractivity (Wildman–Crippen MR) is 106 cm³/mol. The summed E-state index contributed by atoms with van der Waals surface area (Å²) >= 11 is 0. The minimum absolute atomic E-state index is 0.0625. The van der Waals surface area contributed by atoms with Crippen molar-refractivity contribution < 1.29 is 14.5 Å². The van der Waals surface area contributed by atoms with Crippen LogP contribution in [-0.4, -0.2) is 30.2 Å². The van der Waals surface area contributed by atoms with Crippen LogP contribution < -0.4 is 10.2 Å². The fourth-order valence-electron chi connectivity index (χ4n) is 3.07. The highest BCUT2D eigenvalue weighted by molar-refractivity contribution is 5.97. The van der Waals surface area contributed by atoms with E-state index < -0.39 is 4.92 Å². The van der Waals surface area contributed by atoms with Gasteiger partial charge in [0.2, 0.25) is 5.91 Å². The highest BCUT2D eigenvalue weighted by atomic mass is 16.6. The summed E-state index contributed by atoms with van der Waals surface area (Å²) < 4.78 is 0. The second-order valence-electron chi connectivity index (χ2n) is 6.69. The summed E-state index contributed by atoms with van der Waals surface area (Å²) in [4.78, 5) is 36.2. The van der Waals surface area contributed by atoms with Crippen LogP contribution in [0.15, 0.2) is 30.3 Å². The first-order valence-electron chi connectivity index (χ1n) is 8.48. The SMILES string of the molecule is CC(=O)c1ccc(N(C)CC(=O)Nc2c(C)cc(C)cc2C)c([N+](=O)[O-])c1. The molecule has 142 valence electrons. The number of amides is 1. The van der Waals surface area contributed by atoms with E-state index in [0.717, 1.165) is 22.4 Å². The summed E-state index contributed by atoms with van der Waals surface area (Å²) in [5.41, 5.74) is 4.11. The Kier molecular flexibility index (Phi) is 5.95. The molecule has 0 aliphatic rings. The molecule has 0 saturated heterocycles. The second-order valence-corrected chi connectivity index (χ2v) is 6.69. The summed E-state index contributed by atoms with van der Waals surface area (Å²) in [5.74, 6) is -0.534. The molecule has 0 atom stereocenters. The highest BCUT2D eigenvalue weighted by Crippen LogP contribution is 2.29. The Morgan fingerprint density at radius 1 is 1.11 bits per heavy atom. The van der Waals surface area contributed by atoms with E-state index >= 15 is 0 Å². The zero-order valence-electron chi connectivity index (χ0n) is 16.1. The summed E-state index contributed by atoms with van der Waals surface area (Å²) in [6.07, 6.45) is 0. The van der Waals surface area contributed by atoms with E-state index in [0.29, 0.717) is 0 Å². The normalized spacial score (nSPS) is 10.4. The van der Waals surface area contributed by atoms with Gasteiger partial charge in [0.1, 0.15) is 5.69 Å². The number of carbonyl (C=O) groups excluding carboxylic acids is 2. The average Bonchev–Trinajstić information content (AvgIpc) is 2.57. The van der Waals surface area contributed by atoms with Gasteiger partial charge in [-0.1, -0.05) is 17.7 Å². The number of hydrogen-bond donors (Lipinski definition) is 1. The van der Waals surface area contributed by atoms with Crippen molar-refractivity contribution in [2.45, 2.75) is 27.7 Å². The largest absolute Gasteiger partial charge is 0.360 e. The van der Waals surface area contributed by atoms with Gasteiger partial charge in [-0.3, -0.25) is 19.7 Å². The number of likely N-dealkylation sites (N-methyl/N-ethyl adjacent to an activating group) is 1. The molecule has 2 aromatic carbocycles. The smallest absolute Gasteiger partial charge is 0.293 e. The van der Waals surface area contributed by atoms with Gasteiger partial charge in [-0.05, 0) is 51.0 Å². The summed E-state index contributed by atoms with van der Waals surface area (Å²) in [5, 5.41) is 14.2. The van der Waals surface area contributed by atoms with Crippen LogP contribution >= 0.6 is 0 Å². The molecular formula is C20H23N3O4. The van der Waals surface area contributed by atoms with E-state index in [2.05, 4.69) is 5.32 Å². The third-order valence-electron chi connectivity index (χ3n) is 4.31. The fraction of sp³-hybridized carbons (Fsp3) is 0.300. The molecule has 0 saturated carbocycles. The molecule has 0 aromatic heterocycles. The molecule has 2 aromatic rings. The molecule has 1 N–H and O–H groups in total. The maximum atomic E-state index is 12.5. The second kappa shape index (κ2) is 7.99. The lowest BCUT2D eigenvalue weighted by Crippen LogP contribution is -2.31. The number of rotatable bonds is 6. The maximum Gasteiger partial charge on any atom is 0.293 e. The fourth-order valence-corrected chi connectivity index (χ4v) is 3.07. The molecule has 0 radical (unpaired) electrons. The van der Waals surface area contributed by atoms with E-state index in [4.69, 9.17) is 0 Å². The van der Waals surface area contributed by atoms with Crippen LogP contribution in [0.25, 0.3) is 0 Å². The van der Waals surface area contributed by atoms with Gasteiger partial charge in [-0.2, -0.15) is 0 Å². The molecular weight excluding hydrogens is 346 g/mol. The molecule has 7 heteroatoms. The van der Waals surface area contributed by atoms with Crippen molar-refractivity contribution in [3.8, 4) is 0 Å². The number of Topliss-reactive ketones (excluding diaryl/α,β-unsaturated/α-hetero) is 1. The van der Waals surface area contributed by atoms with Gasteiger partial charge in [0, 0.05) is 24.4 Å². The number of hydrogen-bond acceptors (Lipinski definition) is 5. The first-order chi connectivity index (χ1) is 12.6. The molecule has 0 aliphatic carbocycles. The number of nitro benzene ring substituents is 1. The van der Waals surface area contributed by atoms with E-state index in [1.165, 1.54) is 30.0 Å². The minimum atomic E-state index is -0.551. The van der Waals surface area contributed by atoms with Crippen molar-refractivity contribution in [2.75, 3.05) is 23.8 Å². The molecule has 7 nitrogen and oxygen atoms in total. The first kappa shape index (κ1) is 20.1. The van der Waals surface area contributed by atoms with Crippen molar-refractivity contribution in [3.63, 3.8) is 0 Å². The van der Waals surface area contributed by atoms with Crippen LogP contribution in [0.3, 0.4) is 0 Å². The Morgan fingerprint density at radius 2 is 1.70 bits per heavy atom. The number of carbonyl (C=O) groups is 2. The molecule has 27 heavy (non-hydrogen) atoms. The maximum absolute atomic E-state index is 12.5. The predicted octanol–water partition coefficient (Wildman–Crippen LogP) is 3.80. The molecule has 0 spiro atoms. The van der Waals surface area contributed by atoms with Crippen molar-refractivity contribution in [2.24, 2.45) is 0 Å². The van der Waals surface area contributed by atoms with E-state index in [1.54, 1.807) is 7.05 Å². The van der Waals surface area contributed by atoms with Gasteiger partial charge in [0.15, 0.2) is 5.78 Å². The van der Waals surface area contributed by atoms with Crippen molar-refractivity contribution in [3.05, 3.63) is 62.7 Å². The average molecular weight is 369 g/mol. The number of nitrogens with zero attached hydrogens (tertiary/aromatic N) is 2. The van der Waals surface area contributed by atoms with Gasteiger partial charge in [-0.15, -0.1) is 0 Å². The van der Waals surface area contributed by atoms with Crippen LogP contribution in [-0.2, 0) is 4.79 Å². The number of nitrogens with one attached hydrogen (secondary N) is 1. The number of benzene rings is 2. The zero-order chi connectivity index (χ0) is 20.3. The summed E-state index contributed by atoms with van der Waals surface area (Å²) in [6.45, 7) is 7.12. The lowest BCUT2D eigenvalue weighted by Gasteiger charge is -2.20. The molecule has 0 fully saturated rings. The summed E-state index contributed by atoms with van der Waals surface area (Å²) in [7, 11) is 1.60. The van der Waals surface area contributed by atoms with Crippen LogP contribution in [0.5, 0.6) is 0 Å². The summed E-state index contributed by atoms with van der Waals surface area (Å²) in [6, 6.07) is 8.22. The van der Waals surface area contributed by atoms with Crippen LogP contribution in [0.4, 0.5) is 17.1 Å². The third-order valence-corrected chi connectivity index (χ3v) is 4.31. The van der Waals surface area contributed by atoms with Crippen LogP contribution in [0.2, 0.25) is 0 Å². The Morgan fingerprint density at radius 3 is 2.22 bits per heavy atom. The lowest BCUT2D eigenvalue weighted by atomic mass is 10.1. The molecule has 0 bridgehead atoms. The van der Waals surface area contributed by atoms with Crippen molar-refractivity contribution >= 4 is 28.8 Å². The van der Waals surface area contributed by atoms with Gasteiger partial charge >= 0.3 is 0 Å². The standard InChI is InChI=1S/C20H23N3O4/c1-12-8-13(2)20(14(3)9-12)21-19(25)11-22(5)17-7-6-16(15(4)24)10-18(17)23(26)27/h6-10H,11H2,1-5H3,(H,21,25). The number of ketones is 1. The number of nitro groups is 1. The Bertz CT molecular complexity index is 898. The van der Waals surface area contributed by atoms with Gasteiger partial charge < -0.3 is 10.2 Å². The van der Waals surface area contributed by atoms with Gasteiger partial charge in [-0.25, -0.2) is 0 Å². The van der Waals surface area contributed by atoms with Crippen LogP contribution in [0.1, 0.15) is 34.0 Å². The van der Waals surface area contributed by atoms with Crippen molar-refractivity contribution in [1.29, 1.82) is 0 Å². The van der Waals surface area contributed by atoms with Crippen molar-refractivity contribution in [1.82, 2.24) is 0 Å². The molecule has 0 heterocycles. The molecule has 2 rings (SSSR count). The number of anilines is 2. The Hall–Kier alpha value is -3.22. The Balaban J connectivity index is 2.22. The van der Waals surface area contributed by atoms with Gasteiger partial charge in [0.25, 0.3) is 5.69 Å². The first-order valence-corrected chi connectivity index (χ1v) is 8.48. The molecule has 0 aliphatic heterocycles. The quantitative estimate of drug-likeness (QED) is 0.475. The zero-order valence-corrected chi connectivity index (χ0v) is 16.1. The Labute approximate surface area is 158 Å². The topological polar surface area (TPSA) is 92.6 Å². The molecule has 0 unspecified atom stereocenters. The van der Waals surface area contributed by atoms with E-state index in [-0.39, 0.29) is 35.2 Å². The minimum Gasteiger partial charge on any atom is -0.360 e. The highest BCUT2D eigenvalue weighted by Gasteiger charge is 2.21. The van der Waals surface area contributed by atoms with E-state index in [1.807, 2.05) is 32.9 Å². The molecule has 1 amide bonds. The van der Waals surface area contributed by atoms with Gasteiger partial charge in [0.05, 0.1) is 11.5 Å².